The molecule has 0 bridgehead atoms. The van der Waals surface area contributed by atoms with Gasteiger partial charge >= 0.3 is 6.09 Å². The van der Waals surface area contributed by atoms with E-state index in [2.05, 4.69) is 20.6 Å². The molecule has 2 rings (SSSR count). The average Bonchev–Trinajstić information content (AvgIpc) is 2.93. The molecular weight excluding hydrogens is 371 g/mol. The maximum absolute atomic E-state index is 13.6. The fraction of sp³-hybridized carbons (Fsp3) is 0.444. The Morgan fingerprint density at radius 3 is 2.70 bits per heavy atom. The maximum atomic E-state index is 13.6. The highest BCUT2D eigenvalue weighted by molar-refractivity contribution is 7.11. The summed E-state index contributed by atoms with van der Waals surface area (Å²) in [6.07, 6.45) is 1.45. The van der Waals surface area contributed by atoms with Gasteiger partial charge in [-0.2, -0.15) is 0 Å². The molecule has 0 spiro atoms. The molecule has 146 valence electrons. The lowest BCUT2D eigenvalue weighted by Crippen LogP contribution is -2.33. The number of carbonyl (C=O) groups is 2. The van der Waals surface area contributed by atoms with Crippen molar-refractivity contribution >= 4 is 23.3 Å². The van der Waals surface area contributed by atoms with Crippen molar-refractivity contribution in [2.45, 2.75) is 46.3 Å². The van der Waals surface area contributed by atoms with E-state index in [1.165, 1.54) is 29.7 Å². The number of ether oxygens (including phenoxy) is 1. The number of halogens is 1. The maximum Gasteiger partial charge on any atom is 0.407 e. The quantitative estimate of drug-likeness (QED) is 0.786. The van der Waals surface area contributed by atoms with Crippen molar-refractivity contribution in [1.29, 1.82) is 0 Å². The van der Waals surface area contributed by atoms with Crippen molar-refractivity contribution in [3.8, 4) is 0 Å². The predicted molar refractivity (Wildman–Crippen MR) is 100 cm³/mol. The number of hydrogen-bond acceptors (Lipinski definition) is 6. The van der Waals surface area contributed by atoms with E-state index in [4.69, 9.17) is 4.74 Å². The Morgan fingerprint density at radius 1 is 1.30 bits per heavy atom. The molecule has 0 saturated carbocycles. The molecule has 2 amide bonds. The van der Waals surface area contributed by atoms with Crippen LogP contribution in [0.2, 0.25) is 0 Å². The van der Waals surface area contributed by atoms with Crippen LogP contribution in [0.15, 0.2) is 18.3 Å². The zero-order valence-electron chi connectivity index (χ0n) is 15.8. The first-order valence-electron chi connectivity index (χ1n) is 8.46. The molecule has 7 nitrogen and oxygen atoms in total. The lowest BCUT2D eigenvalue weighted by Gasteiger charge is -2.19. The third-order valence-electron chi connectivity index (χ3n) is 3.31. The van der Waals surface area contributed by atoms with Crippen LogP contribution in [-0.2, 0) is 17.7 Å². The summed E-state index contributed by atoms with van der Waals surface area (Å²) in [6.45, 7) is 7.49. The number of thiazole rings is 1. The molecule has 0 aromatic carbocycles. The van der Waals surface area contributed by atoms with Crippen molar-refractivity contribution in [2.24, 2.45) is 0 Å². The normalized spacial score (nSPS) is 11.1. The first-order chi connectivity index (χ1) is 12.7. The third-order valence-corrected chi connectivity index (χ3v) is 4.34. The van der Waals surface area contributed by atoms with Crippen LogP contribution in [0.4, 0.5) is 9.18 Å². The Morgan fingerprint density at radius 2 is 2.04 bits per heavy atom. The van der Waals surface area contributed by atoms with Crippen LogP contribution in [0, 0.1) is 12.7 Å². The fourth-order valence-corrected chi connectivity index (χ4v) is 3.08. The van der Waals surface area contributed by atoms with E-state index in [9.17, 15) is 14.0 Å². The van der Waals surface area contributed by atoms with Crippen LogP contribution in [0.25, 0.3) is 0 Å². The Labute approximate surface area is 161 Å². The van der Waals surface area contributed by atoms with Gasteiger partial charge in [-0.1, -0.05) is 0 Å². The standard InChI is InChI=1S/C18H23FN4O3S/c1-11-15(16(24)22-10-13-12(19)6-5-8-20-13)23-14(27-11)7-9-21-17(25)26-18(2,3)4/h5-6,8H,7,9-10H2,1-4H3,(H,21,25)(H,22,24). The minimum atomic E-state index is -0.555. The molecular formula is C18H23FN4O3S. The van der Waals surface area contributed by atoms with Gasteiger partial charge in [-0.25, -0.2) is 14.2 Å². The van der Waals surface area contributed by atoms with Crippen LogP contribution >= 0.6 is 11.3 Å². The molecule has 0 atom stereocenters. The number of hydrogen-bond donors (Lipinski definition) is 2. The van der Waals surface area contributed by atoms with Gasteiger partial charge in [0, 0.05) is 24.0 Å². The zero-order chi connectivity index (χ0) is 20.0. The Hall–Kier alpha value is -2.55. The molecule has 2 heterocycles. The van der Waals surface area contributed by atoms with Crippen LogP contribution in [0.3, 0.4) is 0 Å². The van der Waals surface area contributed by atoms with Gasteiger partial charge in [0.15, 0.2) is 0 Å². The van der Waals surface area contributed by atoms with Crippen LogP contribution in [0.1, 0.15) is 46.8 Å². The summed E-state index contributed by atoms with van der Waals surface area (Å²) in [5.74, 6) is -0.859. The topological polar surface area (TPSA) is 93.2 Å². The fourth-order valence-electron chi connectivity index (χ4n) is 2.15. The van der Waals surface area contributed by atoms with Gasteiger partial charge in [-0.05, 0) is 39.8 Å². The summed E-state index contributed by atoms with van der Waals surface area (Å²) in [5.41, 5.74) is -0.0932. The Kier molecular flexibility index (Phi) is 6.84. The van der Waals surface area contributed by atoms with Crippen LogP contribution in [0.5, 0.6) is 0 Å². The minimum absolute atomic E-state index is 0.0159. The highest BCUT2D eigenvalue weighted by Gasteiger charge is 2.18. The van der Waals surface area contributed by atoms with E-state index >= 15 is 0 Å². The van der Waals surface area contributed by atoms with Crippen LogP contribution in [-0.4, -0.2) is 34.1 Å². The molecule has 0 fully saturated rings. The second-order valence-electron chi connectivity index (χ2n) is 6.81. The van der Waals surface area contributed by atoms with E-state index in [-0.39, 0.29) is 18.1 Å². The monoisotopic (exact) mass is 394 g/mol. The van der Waals surface area contributed by atoms with Gasteiger partial charge in [0.2, 0.25) is 0 Å². The molecule has 27 heavy (non-hydrogen) atoms. The van der Waals surface area contributed by atoms with Gasteiger partial charge < -0.3 is 15.4 Å². The Balaban J connectivity index is 1.87. The number of nitrogens with one attached hydrogen (secondary N) is 2. The van der Waals surface area contributed by atoms with Crippen molar-refractivity contribution in [3.05, 3.63) is 45.4 Å². The summed E-state index contributed by atoms with van der Waals surface area (Å²) in [6, 6.07) is 2.78. The van der Waals surface area contributed by atoms with Crippen molar-refractivity contribution < 1.29 is 18.7 Å². The number of carbonyl (C=O) groups excluding carboxylic acids is 2. The van der Waals surface area contributed by atoms with E-state index in [1.807, 2.05) is 0 Å². The second kappa shape index (κ2) is 8.90. The molecule has 0 aliphatic carbocycles. The molecule has 0 aliphatic rings. The number of aromatic nitrogens is 2. The molecule has 0 saturated heterocycles. The number of pyridine rings is 1. The first kappa shape index (κ1) is 20.8. The first-order valence-corrected chi connectivity index (χ1v) is 9.28. The second-order valence-corrected chi connectivity index (χ2v) is 8.09. The highest BCUT2D eigenvalue weighted by Crippen LogP contribution is 2.18. The summed E-state index contributed by atoms with van der Waals surface area (Å²) in [4.78, 5) is 32.9. The number of rotatable bonds is 6. The molecule has 0 unspecified atom stereocenters. The van der Waals surface area contributed by atoms with Gasteiger partial charge in [0.1, 0.15) is 17.1 Å². The SMILES string of the molecule is Cc1sc(CCNC(=O)OC(C)(C)C)nc1C(=O)NCc1ncccc1F. The molecule has 2 N–H and O–H groups in total. The molecule has 2 aromatic rings. The van der Waals surface area contributed by atoms with E-state index in [1.54, 1.807) is 27.7 Å². The lowest BCUT2D eigenvalue weighted by atomic mass is 10.2. The van der Waals surface area contributed by atoms with Gasteiger partial charge in [0.25, 0.3) is 5.91 Å². The van der Waals surface area contributed by atoms with E-state index in [0.29, 0.717) is 18.7 Å². The summed E-state index contributed by atoms with van der Waals surface area (Å²) in [7, 11) is 0. The summed E-state index contributed by atoms with van der Waals surface area (Å²) in [5, 5.41) is 6.00. The van der Waals surface area contributed by atoms with Gasteiger partial charge in [0.05, 0.1) is 17.2 Å². The zero-order valence-corrected chi connectivity index (χ0v) is 16.6. The third kappa shape index (κ3) is 6.59. The molecule has 0 aliphatic heterocycles. The van der Waals surface area contributed by atoms with Gasteiger partial charge in [-0.15, -0.1) is 11.3 Å². The summed E-state index contributed by atoms with van der Waals surface area (Å²) < 4.78 is 18.7. The van der Waals surface area contributed by atoms with E-state index < -0.39 is 17.5 Å². The number of amides is 2. The van der Waals surface area contributed by atoms with E-state index in [0.717, 1.165) is 9.88 Å². The highest BCUT2D eigenvalue weighted by atomic mass is 32.1. The largest absolute Gasteiger partial charge is 0.444 e. The molecule has 9 heteroatoms. The minimum Gasteiger partial charge on any atom is -0.444 e. The van der Waals surface area contributed by atoms with Crippen molar-refractivity contribution in [2.75, 3.05) is 6.54 Å². The average molecular weight is 394 g/mol. The summed E-state index contributed by atoms with van der Waals surface area (Å²) >= 11 is 1.38. The smallest absolute Gasteiger partial charge is 0.407 e. The predicted octanol–water partition coefficient (Wildman–Crippen LogP) is 2.98. The Bertz CT molecular complexity index is 817. The van der Waals surface area contributed by atoms with Gasteiger partial charge in [-0.3, -0.25) is 9.78 Å². The number of nitrogens with zero attached hydrogens (tertiary/aromatic N) is 2. The lowest BCUT2D eigenvalue weighted by molar-refractivity contribution is 0.0528. The molecule has 2 aromatic heterocycles. The van der Waals surface area contributed by atoms with Crippen LogP contribution < -0.4 is 10.6 Å². The molecule has 0 radical (unpaired) electrons. The van der Waals surface area contributed by atoms with Crippen molar-refractivity contribution in [1.82, 2.24) is 20.6 Å². The number of aryl methyl sites for hydroxylation is 1. The van der Waals surface area contributed by atoms with Crippen molar-refractivity contribution in [3.63, 3.8) is 0 Å². The number of alkyl carbamates (subject to hydrolysis) is 1.